The second-order valence-electron chi connectivity index (χ2n) is 6.95. The van der Waals surface area contributed by atoms with Crippen molar-refractivity contribution in [3.63, 3.8) is 0 Å². The van der Waals surface area contributed by atoms with E-state index in [1.54, 1.807) is 4.88 Å². The van der Waals surface area contributed by atoms with Crippen LogP contribution >= 0.6 is 22.7 Å². The number of hydrogen-bond acceptors (Lipinski definition) is 3. The number of thiophene rings is 2. The minimum Gasteiger partial charge on any atom is -0.494 e. The van der Waals surface area contributed by atoms with Gasteiger partial charge in [-0.05, 0) is 43.0 Å². The fourth-order valence-corrected chi connectivity index (χ4v) is 5.67. The van der Waals surface area contributed by atoms with E-state index in [0.717, 1.165) is 18.8 Å². The van der Waals surface area contributed by atoms with Gasteiger partial charge in [-0.2, -0.15) is 0 Å². The van der Waals surface area contributed by atoms with Crippen molar-refractivity contribution in [1.82, 2.24) is 0 Å². The Balaban J connectivity index is 1.64. The second-order valence-corrected chi connectivity index (χ2v) is 8.99. The lowest BCUT2D eigenvalue weighted by Crippen LogP contribution is -1.96. The molecule has 0 amide bonds. The van der Waals surface area contributed by atoms with Gasteiger partial charge in [0.1, 0.15) is 5.75 Å². The standard InChI is InChI=1S/C23H30OS2/c1-3-5-7-8-10-20-16-22-23(26-20)21(17-25-22)18-11-13-19(14-12-18)24-15-9-6-4-2/h11-14,16-17H,3-10,15H2,1-2H3. The first-order valence-corrected chi connectivity index (χ1v) is 11.7. The Labute approximate surface area is 166 Å². The number of aryl methyl sites for hydroxylation is 1. The monoisotopic (exact) mass is 386 g/mol. The molecule has 3 heteroatoms. The maximum absolute atomic E-state index is 5.84. The Hall–Kier alpha value is -1.32. The smallest absolute Gasteiger partial charge is 0.119 e. The average Bonchev–Trinajstić information content (AvgIpc) is 3.23. The molecule has 3 rings (SSSR count). The Bertz CT molecular complexity index is 782. The lowest BCUT2D eigenvalue weighted by Gasteiger charge is -2.06. The molecule has 0 radical (unpaired) electrons. The van der Waals surface area contributed by atoms with Crippen molar-refractivity contribution in [3.05, 3.63) is 40.6 Å². The number of hydrogen-bond donors (Lipinski definition) is 0. The maximum atomic E-state index is 5.84. The van der Waals surface area contributed by atoms with Crippen LogP contribution in [0.15, 0.2) is 35.7 Å². The predicted molar refractivity (Wildman–Crippen MR) is 118 cm³/mol. The molecule has 0 spiro atoms. The normalized spacial score (nSPS) is 11.3. The first kappa shape index (κ1) is 19.4. The summed E-state index contributed by atoms with van der Waals surface area (Å²) in [6.45, 7) is 5.31. The Morgan fingerprint density at radius 1 is 0.885 bits per heavy atom. The zero-order valence-electron chi connectivity index (χ0n) is 16.1. The van der Waals surface area contributed by atoms with Crippen molar-refractivity contribution in [3.8, 4) is 16.9 Å². The Morgan fingerprint density at radius 3 is 2.42 bits per heavy atom. The van der Waals surface area contributed by atoms with Crippen molar-refractivity contribution in [1.29, 1.82) is 0 Å². The summed E-state index contributed by atoms with van der Waals surface area (Å²) in [4.78, 5) is 1.54. The van der Waals surface area contributed by atoms with Crippen LogP contribution in [0.25, 0.3) is 20.5 Å². The van der Waals surface area contributed by atoms with Crippen LogP contribution in [0.2, 0.25) is 0 Å². The molecule has 0 unspecified atom stereocenters. The molecule has 0 aliphatic carbocycles. The molecule has 140 valence electrons. The van der Waals surface area contributed by atoms with E-state index in [4.69, 9.17) is 4.74 Å². The fourth-order valence-electron chi connectivity index (χ4n) is 3.19. The summed E-state index contributed by atoms with van der Waals surface area (Å²) >= 11 is 3.86. The van der Waals surface area contributed by atoms with E-state index in [-0.39, 0.29) is 0 Å². The lowest BCUT2D eigenvalue weighted by molar-refractivity contribution is 0.306. The third kappa shape index (κ3) is 5.11. The molecule has 0 atom stereocenters. The van der Waals surface area contributed by atoms with Gasteiger partial charge in [-0.25, -0.2) is 0 Å². The highest BCUT2D eigenvalue weighted by atomic mass is 32.1. The number of ether oxygens (including phenoxy) is 1. The molecule has 26 heavy (non-hydrogen) atoms. The van der Waals surface area contributed by atoms with Gasteiger partial charge in [0.15, 0.2) is 0 Å². The fraction of sp³-hybridized carbons (Fsp3) is 0.478. The van der Waals surface area contributed by atoms with Crippen LogP contribution < -0.4 is 4.74 Å². The van der Waals surface area contributed by atoms with Gasteiger partial charge in [0.25, 0.3) is 0 Å². The van der Waals surface area contributed by atoms with E-state index in [1.807, 2.05) is 22.7 Å². The molecule has 0 aliphatic heterocycles. The molecule has 0 saturated heterocycles. The summed E-state index contributed by atoms with van der Waals surface area (Å²) in [6, 6.07) is 11.0. The largest absolute Gasteiger partial charge is 0.494 e. The van der Waals surface area contributed by atoms with Gasteiger partial charge in [-0.3, -0.25) is 0 Å². The molecule has 0 aliphatic rings. The molecule has 2 heterocycles. The SMILES string of the molecule is CCCCCCc1cc2scc(-c3ccc(OCCCCC)cc3)c2s1. The summed E-state index contributed by atoms with van der Waals surface area (Å²) in [5, 5.41) is 2.30. The van der Waals surface area contributed by atoms with E-state index < -0.39 is 0 Å². The van der Waals surface area contributed by atoms with Crippen LogP contribution in [0.3, 0.4) is 0 Å². The second kappa shape index (κ2) is 10.1. The van der Waals surface area contributed by atoms with E-state index in [2.05, 4.69) is 49.6 Å². The Kier molecular flexibility index (Phi) is 7.57. The molecule has 3 aromatic rings. The topological polar surface area (TPSA) is 9.23 Å². The predicted octanol–water partition coefficient (Wildman–Crippen LogP) is 8.32. The van der Waals surface area contributed by atoms with Crippen molar-refractivity contribution in [2.24, 2.45) is 0 Å². The summed E-state index contributed by atoms with van der Waals surface area (Å²) < 4.78 is 8.74. The zero-order chi connectivity index (χ0) is 18.2. The van der Waals surface area contributed by atoms with Crippen LogP contribution in [0, 0.1) is 0 Å². The quantitative estimate of drug-likeness (QED) is 0.301. The van der Waals surface area contributed by atoms with Crippen LogP contribution in [0.1, 0.15) is 63.7 Å². The Morgan fingerprint density at radius 2 is 1.65 bits per heavy atom. The van der Waals surface area contributed by atoms with Gasteiger partial charge in [-0.1, -0.05) is 58.1 Å². The average molecular weight is 387 g/mol. The molecule has 0 fully saturated rings. The van der Waals surface area contributed by atoms with E-state index in [0.29, 0.717) is 0 Å². The number of benzene rings is 1. The molecule has 0 saturated carbocycles. The number of rotatable bonds is 11. The summed E-state index contributed by atoms with van der Waals surface area (Å²) in [5.74, 6) is 0.985. The van der Waals surface area contributed by atoms with Gasteiger partial charge < -0.3 is 4.74 Å². The van der Waals surface area contributed by atoms with Crippen molar-refractivity contribution in [2.75, 3.05) is 6.61 Å². The highest BCUT2D eigenvalue weighted by Gasteiger charge is 2.11. The zero-order valence-corrected chi connectivity index (χ0v) is 17.7. The van der Waals surface area contributed by atoms with Gasteiger partial charge in [0, 0.05) is 20.5 Å². The minimum absolute atomic E-state index is 0.822. The molecular weight excluding hydrogens is 356 g/mol. The molecule has 1 aromatic carbocycles. The molecule has 2 aromatic heterocycles. The number of fused-ring (bicyclic) bond motifs is 1. The third-order valence-electron chi connectivity index (χ3n) is 4.76. The van der Waals surface area contributed by atoms with Crippen molar-refractivity contribution >= 4 is 32.1 Å². The van der Waals surface area contributed by atoms with Gasteiger partial charge in [0.05, 0.1) is 11.3 Å². The first-order valence-electron chi connectivity index (χ1n) is 10.0. The highest BCUT2D eigenvalue weighted by Crippen LogP contribution is 2.40. The van der Waals surface area contributed by atoms with Crippen molar-refractivity contribution in [2.45, 2.75) is 65.2 Å². The van der Waals surface area contributed by atoms with Gasteiger partial charge in [-0.15, -0.1) is 22.7 Å². The van der Waals surface area contributed by atoms with Crippen LogP contribution in [0.4, 0.5) is 0 Å². The lowest BCUT2D eigenvalue weighted by atomic mass is 10.1. The summed E-state index contributed by atoms with van der Waals surface area (Å²) in [7, 11) is 0. The highest BCUT2D eigenvalue weighted by molar-refractivity contribution is 7.27. The first-order chi connectivity index (χ1) is 12.8. The minimum atomic E-state index is 0.822. The molecule has 0 N–H and O–H groups in total. The molecule has 0 bridgehead atoms. The molecule has 1 nitrogen and oxygen atoms in total. The van der Waals surface area contributed by atoms with E-state index in [1.165, 1.54) is 65.5 Å². The van der Waals surface area contributed by atoms with Gasteiger partial charge in [0.2, 0.25) is 0 Å². The van der Waals surface area contributed by atoms with E-state index >= 15 is 0 Å². The third-order valence-corrected chi connectivity index (χ3v) is 7.04. The summed E-state index contributed by atoms with van der Waals surface area (Å²) in [6.07, 6.45) is 10.2. The van der Waals surface area contributed by atoms with Gasteiger partial charge >= 0.3 is 0 Å². The van der Waals surface area contributed by atoms with Crippen molar-refractivity contribution < 1.29 is 4.74 Å². The van der Waals surface area contributed by atoms with E-state index in [9.17, 15) is 0 Å². The summed E-state index contributed by atoms with van der Waals surface area (Å²) in [5.41, 5.74) is 2.68. The maximum Gasteiger partial charge on any atom is 0.119 e. The van der Waals surface area contributed by atoms with Crippen LogP contribution in [-0.4, -0.2) is 6.61 Å². The van der Waals surface area contributed by atoms with Crippen LogP contribution in [0.5, 0.6) is 5.75 Å². The molecular formula is C23H30OS2. The number of unbranched alkanes of at least 4 members (excludes halogenated alkanes) is 5. The van der Waals surface area contributed by atoms with Crippen LogP contribution in [-0.2, 0) is 6.42 Å².